The third-order valence-electron chi connectivity index (χ3n) is 4.29. The minimum atomic E-state index is -1.43. The maximum atomic E-state index is 14.4. The first-order valence-electron chi connectivity index (χ1n) is 9.80. The second-order valence-corrected chi connectivity index (χ2v) is 8.04. The second-order valence-electron chi connectivity index (χ2n) is 8.04. The van der Waals surface area contributed by atoms with E-state index < -0.39 is 41.0 Å². The van der Waals surface area contributed by atoms with Crippen LogP contribution < -0.4 is 21.3 Å². The number of amides is 3. The molecule has 1 saturated heterocycles. The van der Waals surface area contributed by atoms with E-state index >= 15 is 0 Å². The topological polar surface area (TPSA) is 146 Å². The molecule has 0 aromatic heterocycles. The zero-order valence-corrected chi connectivity index (χ0v) is 17.6. The molecule has 1 aromatic carbocycles. The highest BCUT2D eigenvalue weighted by molar-refractivity contribution is 6.00. The predicted octanol–water partition coefficient (Wildman–Crippen LogP) is 1.36. The van der Waals surface area contributed by atoms with E-state index in [4.69, 9.17) is 4.74 Å². The summed E-state index contributed by atoms with van der Waals surface area (Å²) in [6.45, 7) is 5.56. The minimum absolute atomic E-state index is 0.0868. The summed E-state index contributed by atoms with van der Waals surface area (Å²) in [4.78, 5) is 46.2. The number of carbonyl (C=O) groups is 4. The zero-order valence-electron chi connectivity index (χ0n) is 17.6. The molecule has 1 unspecified atom stereocenters. The molecule has 1 fully saturated rings. The number of rotatable bonds is 8. The fourth-order valence-electron chi connectivity index (χ4n) is 2.95. The molecule has 11 heteroatoms. The first-order chi connectivity index (χ1) is 14.5. The van der Waals surface area contributed by atoms with Crippen LogP contribution in [0.2, 0.25) is 0 Å². The third kappa shape index (κ3) is 7.52. The molecule has 1 aliphatic rings. The average molecular weight is 438 g/mol. The number of ether oxygens (including phenoxy) is 1. The van der Waals surface area contributed by atoms with Crippen molar-refractivity contribution in [3.05, 3.63) is 29.1 Å². The Balaban J connectivity index is 2.00. The molecule has 0 saturated carbocycles. The Morgan fingerprint density at radius 2 is 1.97 bits per heavy atom. The highest BCUT2D eigenvalue weighted by Gasteiger charge is 2.27. The Bertz CT molecular complexity index is 868. The van der Waals surface area contributed by atoms with Gasteiger partial charge in [-0.3, -0.25) is 14.9 Å². The van der Waals surface area contributed by atoms with Crippen LogP contribution in [0, 0.1) is 5.82 Å². The third-order valence-corrected chi connectivity index (χ3v) is 4.29. The van der Waals surface area contributed by atoms with Gasteiger partial charge in [-0.15, -0.1) is 0 Å². The van der Waals surface area contributed by atoms with Gasteiger partial charge >= 0.3 is 12.1 Å². The summed E-state index contributed by atoms with van der Waals surface area (Å²) < 4.78 is 19.5. The summed E-state index contributed by atoms with van der Waals surface area (Å²) in [6, 6.07) is 1.82. The highest BCUT2D eigenvalue weighted by atomic mass is 19.1. The summed E-state index contributed by atoms with van der Waals surface area (Å²) >= 11 is 0. The van der Waals surface area contributed by atoms with Crippen molar-refractivity contribution in [3.8, 4) is 0 Å². The minimum Gasteiger partial charge on any atom is -0.478 e. The number of piperidine rings is 1. The number of anilines is 1. The van der Waals surface area contributed by atoms with Crippen LogP contribution >= 0.6 is 0 Å². The van der Waals surface area contributed by atoms with E-state index in [1.54, 1.807) is 20.8 Å². The Labute approximate surface area is 178 Å². The molecular formula is C20H27FN4O6. The van der Waals surface area contributed by atoms with Crippen molar-refractivity contribution in [2.75, 3.05) is 18.4 Å². The van der Waals surface area contributed by atoms with E-state index in [1.165, 1.54) is 6.07 Å². The summed E-state index contributed by atoms with van der Waals surface area (Å²) in [5.41, 5.74) is -0.678. The second kappa shape index (κ2) is 10.2. The van der Waals surface area contributed by atoms with Crippen LogP contribution in [-0.4, -0.2) is 53.7 Å². The van der Waals surface area contributed by atoms with E-state index in [1.807, 2.05) is 0 Å². The van der Waals surface area contributed by atoms with E-state index in [0.29, 0.717) is 5.69 Å². The number of halogens is 1. The van der Waals surface area contributed by atoms with Gasteiger partial charge in [0, 0.05) is 31.7 Å². The van der Waals surface area contributed by atoms with Gasteiger partial charge in [-0.1, -0.05) is 0 Å². The van der Waals surface area contributed by atoms with Crippen LogP contribution in [0.4, 0.5) is 14.9 Å². The number of carboxylic acid groups (broad SMARTS) is 1. The summed E-state index contributed by atoms with van der Waals surface area (Å²) in [5.74, 6) is -3.24. The van der Waals surface area contributed by atoms with Crippen molar-refractivity contribution in [2.45, 2.75) is 51.8 Å². The molecular weight excluding hydrogens is 411 g/mol. The van der Waals surface area contributed by atoms with E-state index in [-0.39, 0.29) is 43.9 Å². The molecule has 2 rings (SSSR count). The van der Waals surface area contributed by atoms with Gasteiger partial charge in [0.25, 0.3) is 0 Å². The van der Waals surface area contributed by atoms with Crippen LogP contribution in [0.5, 0.6) is 0 Å². The summed E-state index contributed by atoms with van der Waals surface area (Å²) in [5, 5.41) is 19.9. The number of hydrogen-bond donors (Lipinski definition) is 5. The predicted molar refractivity (Wildman–Crippen MR) is 109 cm³/mol. The molecule has 0 aliphatic carbocycles. The molecule has 170 valence electrons. The Morgan fingerprint density at radius 1 is 1.26 bits per heavy atom. The lowest BCUT2D eigenvalue weighted by Crippen LogP contribution is -2.50. The number of nitrogens with one attached hydrogen (secondary N) is 4. The van der Waals surface area contributed by atoms with Gasteiger partial charge in [0.05, 0.1) is 11.6 Å². The van der Waals surface area contributed by atoms with E-state index in [2.05, 4.69) is 21.3 Å². The van der Waals surface area contributed by atoms with Gasteiger partial charge in [0.15, 0.2) is 0 Å². The fraction of sp³-hybridized carbons (Fsp3) is 0.500. The number of hydrogen-bond acceptors (Lipinski definition) is 7. The molecule has 31 heavy (non-hydrogen) atoms. The standard InChI is InChI=1S/C20H27FN4O6/c1-20(2,3)31-19(30)23-7-6-22-12-8-11(16(18(28)29)13(21)9-12)10-24-14-4-5-15(26)25-17(14)27/h8-9,14,22,24H,4-7,10H2,1-3H3,(H,23,30)(H,28,29)(H,25,26,27). The first kappa shape index (κ1) is 24.1. The molecule has 0 bridgehead atoms. The fourth-order valence-corrected chi connectivity index (χ4v) is 2.95. The number of imide groups is 1. The van der Waals surface area contributed by atoms with Crippen molar-refractivity contribution < 1.29 is 33.4 Å². The van der Waals surface area contributed by atoms with E-state index in [0.717, 1.165) is 6.07 Å². The smallest absolute Gasteiger partial charge is 0.407 e. The largest absolute Gasteiger partial charge is 0.478 e. The molecule has 0 spiro atoms. The summed E-state index contributed by atoms with van der Waals surface area (Å²) in [7, 11) is 0. The average Bonchev–Trinajstić information content (AvgIpc) is 2.62. The maximum Gasteiger partial charge on any atom is 0.407 e. The SMILES string of the molecule is CC(C)(C)OC(=O)NCCNc1cc(F)c(C(=O)O)c(CNC2CCC(=O)NC2=O)c1. The lowest BCUT2D eigenvalue weighted by Gasteiger charge is -2.22. The molecule has 1 aromatic rings. The molecule has 0 radical (unpaired) electrons. The van der Waals surface area contributed by atoms with Gasteiger partial charge in [0.2, 0.25) is 11.8 Å². The van der Waals surface area contributed by atoms with Crippen LogP contribution in [-0.2, 0) is 20.9 Å². The van der Waals surface area contributed by atoms with Crippen LogP contribution in [0.3, 0.4) is 0 Å². The molecule has 5 N–H and O–H groups in total. The lowest BCUT2D eigenvalue weighted by atomic mass is 10.0. The van der Waals surface area contributed by atoms with Crippen molar-refractivity contribution in [1.29, 1.82) is 0 Å². The Morgan fingerprint density at radius 3 is 2.58 bits per heavy atom. The maximum absolute atomic E-state index is 14.4. The number of alkyl carbamates (subject to hydrolysis) is 1. The molecule has 3 amide bonds. The summed E-state index contributed by atoms with van der Waals surface area (Å²) in [6.07, 6.45) is -0.157. The number of carboxylic acids is 1. The Kier molecular flexibility index (Phi) is 7.92. The Hall–Kier alpha value is -3.21. The van der Waals surface area contributed by atoms with Gasteiger partial charge < -0.3 is 25.8 Å². The van der Waals surface area contributed by atoms with Crippen LogP contribution in [0.1, 0.15) is 49.5 Å². The van der Waals surface area contributed by atoms with Crippen LogP contribution in [0.15, 0.2) is 12.1 Å². The molecule has 1 heterocycles. The zero-order chi connectivity index (χ0) is 23.2. The monoisotopic (exact) mass is 438 g/mol. The van der Waals surface area contributed by atoms with Gasteiger partial charge in [0.1, 0.15) is 11.4 Å². The first-order valence-corrected chi connectivity index (χ1v) is 9.80. The number of aromatic carboxylic acids is 1. The van der Waals surface area contributed by atoms with E-state index in [9.17, 15) is 28.7 Å². The normalized spacial score (nSPS) is 16.5. The van der Waals surface area contributed by atoms with Gasteiger partial charge in [-0.25, -0.2) is 14.0 Å². The highest BCUT2D eigenvalue weighted by Crippen LogP contribution is 2.21. The van der Waals surface area contributed by atoms with Gasteiger partial charge in [-0.05, 0) is 44.9 Å². The van der Waals surface area contributed by atoms with Crippen molar-refractivity contribution in [2.24, 2.45) is 0 Å². The van der Waals surface area contributed by atoms with Crippen molar-refractivity contribution in [3.63, 3.8) is 0 Å². The quantitative estimate of drug-likeness (QED) is 0.302. The van der Waals surface area contributed by atoms with Crippen molar-refractivity contribution in [1.82, 2.24) is 16.0 Å². The lowest BCUT2D eigenvalue weighted by molar-refractivity contribution is -0.134. The van der Waals surface area contributed by atoms with Gasteiger partial charge in [-0.2, -0.15) is 0 Å². The molecule has 10 nitrogen and oxygen atoms in total. The number of carbonyl (C=O) groups excluding carboxylic acids is 3. The van der Waals surface area contributed by atoms with Crippen molar-refractivity contribution >= 4 is 29.6 Å². The number of benzene rings is 1. The van der Waals surface area contributed by atoms with Crippen LogP contribution in [0.25, 0.3) is 0 Å². The molecule has 1 atom stereocenters. The molecule has 1 aliphatic heterocycles.